The van der Waals surface area contributed by atoms with Gasteiger partial charge in [-0.05, 0) is 18.4 Å². The average Bonchev–Trinajstić information content (AvgIpc) is 2.79. The number of carbonyl (C=O) groups excluding carboxylic acids is 1. The quantitative estimate of drug-likeness (QED) is 0.816. The lowest BCUT2D eigenvalue weighted by Crippen LogP contribution is -2.44. The molecule has 1 aromatic rings. The summed E-state index contributed by atoms with van der Waals surface area (Å²) in [7, 11) is 0. The summed E-state index contributed by atoms with van der Waals surface area (Å²) in [5.41, 5.74) is 1.22. The van der Waals surface area contributed by atoms with Crippen molar-refractivity contribution < 1.29 is 9.53 Å². The summed E-state index contributed by atoms with van der Waals surface area (Å²) in [5.74, 6) is 0.427. The van der Waals surface area contributed by atoms with Crippen LogP contribution in [0.15, 0.2) is 30.3 Å². The lowest BCUT2D eigenvalue weighted by molar-refractivity contribution is -0.121. The maximum Gasteiger partial charge on any atom is 0.151 e. The van der Waals surface area contributed by atoms with Crippen molar-refractivity contribution in [1.82, 2.24) is 4.90 Å². The molecule has 3 nitrogen and oxygen atoms in total. The van der Waals surface area contributed by atoms with Crippen LogP contribution in [0.3, 0.4) is 0 Å². The Labute approximate surface area is 108 Å². The number of fused-ring (bicyclic) bond motifs is 1. The molecule has 2 saturated heterocycles. The van der Waals surface area contributed by atoms with Gasteiger partial charge < -0.3 is 4.74 Å². The van der Waals surface area contributed by atoms with Crippen molar-refractivity contribution in [2.45, 2.75) is 38.0 Å². The van der Waals surface area contributed by atoms with E-state index in [0.29, 0.717) is 12.4 Å². The Morgan fingerprint density at radius 3 is 2.89 bits per heavy atom. The first-order valence-corrected chi connectivity index (χ1v) is 6.75. The summed E-state index contributed by atoms with van der Waals surface area (Å²) in [6, 6.07) is 10.5. The minimum Gasteiger partial charge on any atom is -0.372 e. The van der Waals surface area contributed by atoms with Gasteiger partial charge in [0.1, 0.15) is 0 Å². The van der Waals surface area contributed by atoms with Crippen molar-refractivity contribution in [3.8, 4) is 0 Å². The predicted molar refractivity (Wildman–Crippen MR) is 69.2 cm³/mol. The highest BCUT2D eigenvalue weighted by molar-refractivity contribution is 5.86. The molecule has 0 N–H and O–H groups in total. The molecule has 18 heavy (non-hydrogen) atoms. The van der Waals surface area contributed by atoms with Crippen LogP contribution in [0.1, 0.15) is 24.8 Å². The number of carbonyl (C=O) groups is 1. The van der Waals surface area contributed by atoms with Gasteiger partial charge in [-0.3, -0.25) is 9.69 Å². The minimum absolute atomic E-state index is 0.196. The van der Waals surface area contributed by atoms with Crippen molar-refractivity contribution in [2.24, 2.45) is 0 Å². The zero-order valence-electron chi connectivity index (χ0n) is 10.5. The van der Waals surface area contributed by atoms with Crippen LogP contribution in [0.25, 0.3) is 0 Å². The maximum atomic E-state index is 11.6. The molecule has 2 fully saturated rings. The van der Waals surface area contributed by atoms with E-state index in [0.717, 1.165) is 32.4 Å². The van der Waals surface area contributed by atoms with Gasteiger partial charge in [0.2, 0.25) is 0 Å². The molecule has 2 heterocycles. The van der Waals surface area contributed by atoms with Gasteiger partial charge >= 0.3 is 0 Å². The first-order chi connectivity index (χ1) is 8.83. The van der Waals surface area contributed by atoms with Gasteiger partial charge in [-0.2, -0.15) is 0 Å². The van der Waals surface area contributed by atoms with E-state index < -0.39 is 0 Å². The summed E-state index contributed by atoms with van der Waals surface area (Å²) in [5, 5.41) is 0. The third-order valence-electron chi connectivity index (χ3n) is 3.99. The number of rotatable bonds is 3. The van der Waals surface area contributed by atoms with Gasteiger partial charge in [0, 0.05) is 19.5 Å². The lowest BCUT2D eigenvalue weighted by atomic mass is 10.00. The standard InChI is InChI=1S/C15H19NO2/c17-15-8-9-16-10-13(6-7-14(15)16)18-11-12-4-2-1-3-5-12/h1-5,13-14H,6-11H2/t13-,14+/m1/s1. The second kappa shape index (κ2) is 5.21. The van der Waals surface area contributed by atoms with Gasteiger partial charge in [0.25, 0.3) is 0 Å². The molecule has 0 unspecified atom stereocenters. The van der Waals surface area contributed by atoms with Gasteiger partial charge in [-0.15, -0.1) is 0 Å². The fraction of sp³-hybridized carbons (Fsp3) is 0.533. The maximum absolute atomic E-state index is 11.6. The van der Waals surface area contributed by atoms with Crippen molar-refractivity contribution in [1.29, 1.82) is 0 Å². The molecule has 3 heteroatoms. The van der Waals surface area contributed by atoms with Crippen molar-refractivity contribution >= 4 is 5.78 Å². The van der Waals surface area contributed by atoms with E-state index in [2.05, 4.69) is 17.0 Å². The van der Waals surface area contributed by atoms with Gasteiger partial charge in [0.05, 0.1) is 18.8 Å². The van der Waals surface area contributed by atoms with E-state index in [-0.39, 0.29) is 12.1 Å². The van der Waals surface area contributed by atoms with Crippen LogP contribution in [0, 0.1) is 0 Å². The first kappa shape index (κ1) is 11.9. The molecule has 0 bridgehead atoms. The number of piperidine rings is 1. The van der Waals surface area contributed by atoms with E-state index in [1.54, 1.807) is 0 Å². The molecule has 2 aliphatic heterocycles. The molecular weight excluding hydrogens is 226 g/mol. The molecule has 0 spiro atoms. The summed E-state index contributed by atoms with van der Waals surface area (Å²) in [4.78, 5) is 13.9. The highest BCUT2D eigenvalue weighted by atomic mass is 16.5. The summed E-state index contributed by atoms with van der Waals surface area (Å²) in [6.07, 6.45) is 3.00. The first-order valence-electron chi connectivity index (χ1n) is 6.75. The number of nitrogens with zero attached hydrogens (tertiary/aromatic N) is 1. The Bertz CT molecular complexity index is 418. The highest BCUT2D eigenvalue weighted by Crippen LogP contribution is 2.26. The van der Waals surface area contributed by atoms with Gasteiger partial charge in [0.15, 0.2) is 5.78 Å². The number of benzene rings is 1. The second-order valence-corrected chi connectivity index (χ2v) is 5.22. The van der Waals surface area contributed by atoms with E-state index in [9.17, 15) is 4.79 Å². The van der Waals surface area contributed by atoms with Crippen LogP contribution < -0.4 is 0 Å². The van der Waals surface area contributed by atoms with E-state index in [1.165, 1.54) is 5.56 Å². The van der Waals surface area contributed by atoms with Crippen molar-refractivity contribution in [3.63, 3.8) is 0 Å². The molecule has 2 atom stereocenters. The fourth-order valence-electron chi connectivity index (χ4n) is 2.96. The third kappa shape index (κ3) is 2.47. The second-order valence-electron chi connectivity index (χ2n) is 5.22. The Kier molecular flexibility index (Phi) is 3.43. The van der Waals surface area contributed by atoms with Crippen LogP contribution in [0.5, 0.6) is 0 Å². The van der Waals surface area contributed by atoms with Crippen LogP contribution >= 0.6 is 0 Å². The topological polar surface area (TPSA) is 29.5 Å². The normalized spacial score (nSPS) is 28.3. The molecule has 2 aliphatic rings. The zero-order valence-corrected chi connectivity index (χ0v) is 10.5. The van der Waals surface area contributed by atoms with Gasteiger partial charge in [-0.25, -0.2) is 0 Å². The summed E-state index contributed by atoms with van der Waals surface area (Å²) in [6.45, 7) is 2.52. The van der Waals surface area contributed by atoms with E-state index in [4.69, 9.17) is 4.74 Å². The molecule has 0 aliphatic carbocycles. The summed E-state index contributed by atoms with van der Waals surface area (Å²) >= 11 is 0. The fourth-order valence-corrected chi connectivity index (χ4v) is 2.96. The van der Waals surface area contributed by atoms with Crippen LogP contribution in [0.4, 0.5) is 0 Å². The number of ether oxygens (including phenoxy) is 1. The zero-order chi connectivity index (χ0) is 12.4. The number of ketones is 1. The molecular formula is C15H19NO2. The molecule has 1 aromatic carbocycles. The lowest BCUT2D eigenvalue weighted by Gasteiger charge is -2.33. The smallest absolute Gasteiger partial charge is 0.151 e. The molecule has 96 valence electrons. The Morgan fingerprint density at radius 2 is 2.06 bits per heavy atom. The summed E-state index contributed by atoms with van der Waals surface area (Å²) < 4.78 is 5.96. The predicted octanol–water partition coefficient (Wildman–Crippen LogP) is 2.01. The van der Waals surface area contributed by atoms with Crippen LogP contribution in [0.2, 0.25) is 0 Å². The number of Topliss-reactive ketones (excluding diaryl/α,β-unsaturated/α-hetero) is 1. The van der Waals surface area contributed by atoms with Gasteiger partial charge in [-0.1, -0.05) is 30.3 Å². The Hall–Kier alpha value is -1.19. The number of hydrogen-bond acceptors (Lipinski definition) is 3. The molecule has 0 amide bonds. The van der Waals surface area contributed by atoms with E-state index in [1.807, 2.05) is 18.2 Å². The van der Waals surface area contributed by atoms with Crippen LogP contribution in [-0.2, 0) is 16.1 Å². The van der Waals surface area contributed by atoms with Crippen molar-refractivity contribution in [2.75, 3.05) is 13.1 Å². The molecule has 0 radical (unpaired) electrons. The molecule has 3 rings (SSSR count). The minimum atomic E-state index is 0.196. The Balaban J connectivity index is 1.52. The monoisotopic (exact) mass is 245 g/mol. The average molecular weight is 245 g/mol. The Morgan fingerprint density at radius 1 is 1.22 bits per heavy atom. The highest BCUT2D eigenvalue weighted by Gasteiger charge is 2.37. The SMILES string of the molecule is O=C1CCN2C[C@H](OCc3ccccc3)CC[C@@H]12. The third-order valence-corrected chi connectivity index (χ3v) is 3.99. The van der Waals surface area contributed by atoms with E-state index >= 15 is 0 Å². The largest absolute Gasteiger partial charge is 0.372 e. The van der Waals surface area contributed by atoms with Crippen molar-refractivity contribution in [3.05, 3.63) is 35.9 Å². The number of hydrogen-bond donors (Lipinski definition) is 0. The van der Waals surface area contributed by atoms with Crippen LogP contribution in [-0.4, -0.2) is 35.9 Å². The molecule has 0 saturated carbocycles. The molecule has 0 aromatic heterocycles.